The predicted molar refractivity (Wildman–Crippen MR) is 86.2 cm³/mol. The van der Waals surface area contributed by atoms with Gasteiger partial charge in [0, 0.05) is 11.9 Å². The first-order chi connectivity index (χ1) is 9.88. The summed E-state index contributed by atoms with van der Waals surface area (Å²) >= 11 is 1.74. The number of benzene rings is 2. The van der Waals surface area contributed by atoms with E-state index in [1.165, 1.54) is 21.2 Å². The largest absolute Gasteiger partial charge is 0.324 e. The van der Waals surface area contributed by atoms with Crippen LogP contribution in [-0.4, -0.2) is 9.55 Å². The summed E-state index contributed by atoms with van der Waals surface area (Å²) in [5.74, 6) is 1.08. The van der Waals surface area contributed by atoms with Crippen LogP contribution in [0.1, 0.15) is 6.92 Å². The lowest BCUT2D eigenvalue weighted by atomic mass is 10.1. The zero-order valence-corrected chi connectivity index (χ0v) is 12.0. The number of imidazole rings is 1. The number of aryl methyl sites for hydroxylation is 1. The molecule has 0 unspecified atom stereocenters. The van der Waals surface area contributed by atoms with E-state index in [-0.39, 0.29) is 0 Å². The van der Waals surface area contributed by atoms with Gasteiger partial charge < -0.3 is 4.57 Å². The fraction of sp³-hybridized carbons (Fsp3) is 0.118. The van der Waals surface area contributed by atoms with Crippen LogP contribution in [0.3, 0.4) is 0 Å². The van der Waals surface area contributed by atoms with Crippen molar-refractivity contribution in [3.05, 3.63) is 53.9 Å². The second-order valence-electron chi connectivity index (χ2n) is 4.81. The lowest BCUT2D eigenvalue weighted by Gasteiger charge is -2.04. The molecule has 98 valence electrons. The second-order valence-corrected chi connectivity index (χ2v) is 5.76. The Morgan fingerprint density at radius 3 is 2.75 bits per heavy atom. The molecule has 0 atom stereocenters. The summed E-state index contributed by atoms with van der Waals surface area (Å²) in [6, 6.07) is 17.0. The van der Waals surface area contributed by atoms with Crippen molar-refractivity contribution >= 4 is 33.1 Å². The molecule has 0 bridgehead atoms. The Hall–Kier alpha value is -2.13. The maximum atomic E-state index is 4.93. The molecular formula is C17H14N2S. The Bertz CT molecular complexity index is 888. The monoisotopic (exact) mass is 278 g/mol. The predicted octanol–water partition coefficient (Wildman–Crippen LogP) is 4.94. The molecule has 0 aliphatic heterocycles. The van der Waals surface area contributed by atoms with Gasteiger partial charge in [0.15, 0.2) is 5.82 Å². The molecule has 0 amide bonds. The third kappa shape index (κ3) is 1.60. The number of rotatable bonds is 2. The van der Waals surface area contributed by atoms with Gasteiger partial charge in [0.1, 0.15) is 0 Å². The van der Waals surface area contributed by atoms with Gasteiger partial charge in [0.05, 0.1) is 15.9 Å². The molecule has 0 aliphatic carbocycles. The Kier molecular flexibility index (Phi) is 2.60. The average Bonchev–Trinajstić information content (AvgIpc) is 3.13. The summed E-state index contributed by atoms with van der Waals surface area (Å²) in [6.07, 6.45) is 0. The summed E-state index contributed by atoms with van der Waals surface area (Å²) < 4.78 is 2.30. The van der Waals surface area contributed by atoms with Crippen molar-refractivity contribution in [2.45, 2.75) is 13.5 Å². The maximum absolute atomic E-state index is 4.93. The van der Waals surface area contributed by atoms with Crippen molar-refractivity contribution in [2.75, 3.05) is 0 Å². The van der Waals surface area contributed by atoms with Gasteiger partial charge in [-0.05, 0) is 29.8 Å². The summed E-state index contributed by atoms with van der Waals surface area (Å²) in [5.41, 5.74) is 2.32. The highest BCUT2D eigenvalue weighted by Crippen LogP contribution is 2.31. The Morgan fingerprint density at radius 1 is 1.05 bits per heavy atom. The number of aromatic nitrogens is 2. The van der Waals surface area contributed by atoms with E-state index in [4.69, 9.17) is 4.98 Å². The molecule has 20 heavy (non-hydrogen) atoms. The minimum absolute atomic E-state index is 0.933. The van der Waals surface area contributed by atoms with Crippen LogP contribution < -0.4 is 0 Å². The minimum Gasteiger partial charge on any atom is -0.324 e. The molecule has 2 heterocycles. The third-order valence-electron chi connectivity index (χ3n) is 3.70. The molecule has 4 rings (SSSR count). The van der Waals surface area contributed by atoms with Gasteiger partial charge in [-0.15, -0.1) is 11.3 Å². The van der Waals surface area contributed by atoms with E-state index in [2.05, 4.69) is 65.4 Å². The fourth-order valence-corrected chi connectivity index (χ4v) is 3.50. The van der Waals surface area contributed by atoms with Gasteiger partial charge in [-0.1, -0.05) is 36.4 Å². The number of hydrogen-bond donors (Lipinski definition) is 0. The lowest BCUT2D eigenvalue weighted by Crippen LogP contribution is -1.95. The molecule has 0 radical (unpaired) electrons. The van der Waals surface area contributed by atoms with Crippen molar-refractivity contribution < 1.29 is 0 Å². The number of thiophene rings is 1. The van der Waals surface area contributed by atoms with Crippen LogP contribution in [0.5, 0.6) is 0 Å². The number of nitrogens with zero attached hydrogens (tertiary/aromatic N) is 2. The van der Waals surface area contributed by atoms with Crippen molar-refractivity contribution in [2.24, 2.45) is 0 Å². The quantitative estimate of drug-likeness (QED) is 0.508. The third-order valence-corrected chi connectivity index (χ3v) is 4.57. The van der Waals surface area contributed by atoms with E-state index in [1.54, 1.807) is 11.3 Å². The van der Waals surface area contributed by atoms with Crippen molar-refractivity contribution in [1.82, 2.24) is 9.55 Å². The van der Waals surface area contributed by atoms with Gasteiger partial charge in [-0.3, -0.25) is 0 Å². The molecule has 2 aromatic carbocycles. The number of hydrogen-bond acceptors (Lipinski definition) is 2. The van der Waals surface area contributed by atoms with E-state index in [1.807, 2.05) is 0 Å². The molecule has 0 fully saturated rings. The van der Waals surface area contributed by atoms with Gasteiger partial charge in [-0.25, -0.2) is 4.98 Å². The Morgan fingerprint density at radius 2 is 1.95 bits per heavy atom. The van der Waals surface area contributed by atoms with Crippen molar-refractivity contribution in [3.8, 4) is 10.7 Å². The standard InChI is InChI=1S/C17H14N2S/c1-2-19-14-10-9-12-6-3-4-7-13(12)16(14)18-17(19)15-8-5-11-20-15/h3-11H,2H2,1H3. The Labute approximate surface area is 121 Å². The van der Waals surface area contributed by atoms with E-state index in [0.717, 1.165) is 17.9 Å². The van der Waals surface area contributed by atoms with Crippen LogP contribution in [0.15, 0.2) is 53.9 Å². The van der Waals surface area contributed by atoms with Crippen LogP contribution >= 0.6 is 11.3 Å². The van der Waals surface area contributed by atoms with E-state index < -0.39 is 0 Å². The van der Waals surface area contributed by atoms with Crippen LogP contribution in [0, 0.1) is 0 Å². The van der Waals surface area contributed by atoms with Gasteiger partial charge in [-0.2, -0.15) is 0 Å². The first kappa shape index (κ1) is 11.7. The number of fused-ring (bicyclic) bond motifs is 3. The highest BCUT2D eigenvalue weighted by Gasteiger charge is 2.13. The summed E-state index contributed by atoms with van der Waals surface area (Å²) in [7, 11) is 0. The molecule has 0 aliphatic rings. The molecule has 0 N–H and O–H groups in total. The highest BCUT2D eigenvalue weighted by molar-refractivity contribution is 7.13. The molecule has 0 saturated heterocycles. The summed E-state index contributed by atoms with van der Waals surface area (Å²) in [5, 5.41) is 4.58. The van der Waals surface area contributed by atoms with Crippen molar-refractivity contribution in [1.29, 1.82) is 0 Å². The van der Waals surface area contributed by atoms with E-state index in [9.17, 15) is 0 Å². The summed E-state index contributed by atoms with van der Waals surface area (Å²) in [4.78, 5) is 6.16. The molecule has 0 spiro atoms. The van der Waals surface area contributed by atoms with Crippen LogP contribution in [-0.2, 0) is 6.54 Å². The molecule has 3 heteroatoms. The second kappa shape index (κ2) is 4.46. The summed E-state index contributed by atoms with van der Waals surface area (Å²) in [6.45, 7) is 3.11. The first-order valence-electron chi connectivity index (χ1n) is 6.80. The first-order valence-corrected chi connectivity index (χ1v) is 7.68. The molecule has 4 aromatic rings. The molecule has 2 aromatic heterocycles. The Balaban J connectivity index is 2.14. The van der Waals surface area contributed by atoms with Crippen LogP contribution in [0.4, 0.5) is 0 Å². The fourth-order valence-electron chi connectivity index (χ4n) is 2.77. The molecular weight excluding hydrogens is 264 g/mol. The zero-order valence-electron chi connectivity index (χ0n) is 11.2. The van der Waals surface area contributed by atoms with Gasteiger partial charge in [0.2, 0.25) is 0 Å². The normalized spacial score (nSPS) is 11.4. The maximum Gasteiger partial charge on any atom is 0.151 e. The van der Waals surface area contributed by atoms with Gasteiger partial charge >= 0.3 is 0 Å². The minimum atomic E-state index is 0.933. The topological polar surface area (TPSA) is 17.8 Å². The van der Waals surface area contributed by atoms with Crippen LogP contribution in [0.2, 0.25) is 0 Å². The highest BCUT2D eigenvalue weighted by atomic mass is 32.1. The van der Waals surface area contributed by atoms with Crippen LogP contribution in [0.25, 0.3) is 32.5 Å². The average molecular weight is 278 g/mol. The SMILES string of the molecule is CCn1c(-c2cccs2)nc2c3ccccc3ccc21. The smallest absolute Gasteiger partial charge is 0.151 e. The molecule has 0 saturated carbocycles. The molecule has 2 nitrogen and oxygen atoms in total. The van der Waals surface area contributed by atoms with Gasteiger partial charge in [0.25, 0.3) is 0 Å². The zero-order chi connectivity index (χ0) is 13.5. The van der Waals surface area contributed by atoms with Crippen molar-refractivity contribution in [3.63, 3.8) is 0 Å². The van der Waals surface area contributed by atoms with E-state index >= 15 is 0 Å². The lowest BCUT2D eigenvalue weighted by molar-refractivity contribution is 0.798. The van der Waals surface area contributed by atoms with E-state index in [0.29, 0.717) is 0 Å².